The number of halogens is 4. The van der Waals surface area contributed by atoms with Gasteiger partial charge in [-0.3, -0.25) is 0 Å². The third-order valence-corrected chi connectivity index (χ3v) is 4.60. The summed E-state index contributed by atoms with van der Waals surface area (Å²) in [4.78, 5) is 11.7. The lowest BCUT2D eigenvalue weighted by Crippen LogP contribution is -1.99. The quantitative estimate of drug-likeness (QED) is 0.411. The second-order valence-corrected chi connectivity index (χ2v) is 6.90. The summed E-state index contributed by atoms with van der Waals surface area (Å²) in [5.74, 6) is 0.841. The molecular formula is C15H6Br2Cl2O3. The molecule has 1 heterocycles. The first-order valence-corrected chi connectivity index (χ1v) is 8.34. The lowest BCUT2D eigenvalue weighted by Gasteiger charge is -2.11. The zero-order valence-corrected chi connectivity index (χ0v) is 15.4. The molecule has 0 fully saturated rings. The third-order valence-electron chi connectivity index (χ3n) is 2.86. The van der Waals surface area contributed by atoms with E-state index in [2.05, 4.69) is 31.9 Å². The van der Waals surface area contributed by atoms with Crippen LogP contribution in [0.4, 0.5) is 0 Å². The summed E-state index contributed by atoms with van der Waals surface area (Å²) in [6.07, 6.45) is 0. The Labute approximate surface area is 152 Å². The maximum atomic E-state index is 11.7. The Hall–Kier alpha value is -1.01. The zero-order chi connectivity index (χ0) is 15.9. The number of ether oxygens (including phenoxy) is 1. The van der Waals surface area contributed by atoms with E-state index >= 15 is 0 Å². The van der Waals surface area contributed by atoms with Crippen LogP contribution in [0.1, 0.15) is 0 Å². The summed E-state index contributed by atoms with van der Waals surface area (Å²) in [7, 11) is 0. The van der Waals surface area contributed by atoms with Gasteiger partial charge in [0, 0.05) is 5.02 Å². The summed E-state index contributed by atoms with van der Waals surface area (Å²) in [6, 6.07) is 9.90. The Morgan fingerprint density at radius 2 is 1.73 bits per heavy atom. The van der Waals surface area contributed by atoms with Gasteiger partial charge in [-0.05, 0) is 56.1 Å². The van der Waals surface area contributed by atoms with Gasteiger partial charge in [0.2, 0.25) is 0 Å². The van der Waals surface area contributed by atoms with Crippen LogP contribution >= 0.6 is 55.1 Å². The van der Waals surface area contributed by atoms with Gasteiger partial charge < -0.3 is 9.15 Å². The van der Waals surface area contributed by atoms with E-state index in [0.717, 1.165) is 8.95 Å². The molecule has 0 unspecified atom stereocenters. The second kappa shape index (κ2) is 6.24. The molecule has 0 aliphatic rings. The normalized spacial score (nSPS) is 10.9. The Morgan fingerprint density at radius 3 is 2.41 bits per heavy atom. The zero-order valence-electron chi connectivity index (χ0n) is 10.7. The van der Waals surface area contributed by atoms with Gasteiger partial charge in [-0.2, -0.15) is 0 Å². The van der Waals surface area contributed by atoms with Crippen molar-refractivity contribution in [1.29, 1.82) is 0 Å². The Morgan fingerprint density at radius 1 is 1.05 bits per heavy atom. The highest BCUT2D eigenvalue weighted by Gasteiger charge is 2.14. The van der Waals surface area contributed by atoms with Crippen molar-refractivity contribution < 1.29 is 9.15 Å². The van der Waals surface area contributed by atoms with E-state index in [4.69, 9.17) is 32.4 Å². The minimum Gasteiger partial charge on any atom is -0.454 e. The average molecular weight is 465 g/mol. The van der Waals surface area contributed by atoms with E-state index in [9.17, 15) is 4.79 Å². The van der Waals surface area contributed by atoms with Crippen LogP contribution in [0, 0.1) is 0 Å². The number of benzene rings is 2. The van der Waals surface area contributed by atoms with Crippen molar-refractivity contribution in [2.24, 2.45) is 0 Å². The molecule has 0 spiro atoms. The molecule has 0 radical (unpaired) electrons. The number of rotatable bonds is 2. The standard InChI is InChI=1S/C15H6Br2Cl2O3/c16-9-2-1-3-10(17)15(9)21-12-6-13(20)22-14-8(12)4-7(18)5-11(14)19/h1-6H. The average Bonchev–Trinajstić information content (AvgIpc) is 2.44. The molecule has 0 amide bonds. The fourth-order valence-corrected chi connectivity index (χ4v) is 3.63. The number of hydrogen-bond donors (Lipinski definition) is 0. The van der Waals surface area contributed by atoms with Crippen LogP contribution in [0.15, 0.2) is 54.6 Å². The predicted molar refractivity (Wildman–Crippen MR) is 94.4 cm³/mol. The molecule has 0 saturated heterocycles. The van der Waals surface area contributed by atoms with Gasteiger partial charge in [-0.25, -0.2) is 4.79 Å². The van der Waals surface area contributed by atoms with Crippen LogP contribution in [-0.2, 0) is 0 Å². The van der Waals surface area contributed by atoms with Crippen molar-refractivity contribution >= 4 is 66.0 Å². The topological polar surface area (TPSA) is 39.4 Å². The van der Waals surface area contributed by atoms with Gasteiger partial charge in [-0.1, -0.05) is 29.3 Å². The summed E-state index contributed by atoms with van der Waals surface area (Å²) < 4.78 is 12.5. The van der Waals surface area contributed by atoms with Crippen LogP contribution in [0.25, 0.3) is 11.0 Å². The minimum absolute atomic E-state index is 0.233. The summed E-state index contributed by atoms with van der Waals surface area (Å²) in [6.45, 7) is 0. The third kappa shape index (κ3) is 3.04. The van der Waals surface area contributed by atoms with Crippen molar-refractivity contribution in [1.82, 2.24) is 0 Å². The summed E-state index contributed by atoms with van der Waals surface area (Å²) >= 11 is 18.9. The van der Waals surface area contributed by atoms with E-state index in [0.29, 0.717) is 21.9 Å². The van der Waals surface area contributed by atoms with Crippen molar-refractivity contribution in [2.75, 3.05) is 0 Å². The molecule has 3 aromatic rings. The van der Waals surface area contributed by atoms with Crippen molar-refractivity contribution in [3.8, 4) is 11.5 Å². The van der Waals surface area contributed by atoms with Gasteiger partial charge in [-0.15, -0.1) is 0 Å². The maximum Gasteiger partial charge on any atom is 0.340 e. The fraction of sp³-hybridized carbons (Fsp3) is 0. The molecule has 1 aromatic heterocycles. The van der Waals surface area contributed by atoms with Crippen LogP contribution in [0.3, 0.4) is 0 Å². The minimum atomic E-state index is -0.560. The number of fused-ring (bicyclic) bond motifs is 1. The first kappa shape index (κ1) is 15.9. The highest BCUT2D eigenvalue weighted by Crippen LogP contribution is 2.40. The number of para-hydroxylation sites is 1. The van der Waals surface area contributed by atoms with Crippen molar-refractivity contribution in [2.45, 2.75) is 0 Å². The predicted octanol–water partition coefficient (Wildman–Crippen LogP) is 6.42. The monoisotopic (exact) mass is 462 g/mol. The van der Waals surface area contributed by atoms with Crippen LogP contribution in [0.5, 0.6) is 11.5 Å². The molecule has 0 aliphatic heterocycles. The lowest BCUT2D eigenvalue weighted by molar-refractivity contribution is 0.470. The molecular weight excluding hydrogens is 459 g/mol. The van der Waals surface area contributed by atoms with Crippen LogP contribution in [0.2, 0.25) is 10.0 Å². The Bertz CT molecular complexity index is 918. The SMILES string of the molecule is O=c1cc(Oc2c(Br)cccc2Br)c2cc(Cl)cc(Cl)c2o1. The van der Waals surface area contributed by atoms with E-state index in [1.54, 1.807) is 6.07 Å². The van der Waals surface area contributed by atoms with Gasteiger partial charge in [0.1, 0.15) is 5.75 Å². The Kier molecular flexibility index (Phi) is 4.50. The fourth-order valence-electron chi connectivity index (χ4n) is 1.94. The molecule has 0 atom stereocenters. The highest BCUT2D eigenvalue weighted by molar-refractivity contribution is 9.11. The largest absolute Gasteiger partial charge is 0.454 e. The second-order valence-electron chi connectivity index (χ2n) is 4.35. The lowest BCUT2D eigenvalue weighted by atomic mass is 10.2. The molecule has 0 bridgehead atoms. The van der Waals surface area contributed by atoms with E-state index < -0.39 is 5.63 Å². The van der Waals surface area contributed by atoms with Crippen molar-refractivity contribution in [3.63, 3.8) is 0 Å². The first-order valence-electron chi connectivity index (χ1n) is 6.00. The highest BCUT2D eigenvalue weighted by atomic mass is 79.9. The number of hydrogen-bond acceptors (Lipinski definition) is 3. The van der Waals surface area contributed by atoms with Gasteiger partial charge in [0.25, 0.3) is 0 Å². The van der Waals surface area contributed by atoms with Crippen LogP contribution in [-0.4, -0.2) is 0 Å². The Balaban J connectivity index is 2.25. The smallest absolute Gasteiger partial charge is 0.340 e. The molecule has 2 aromatic carbocycles. The van der Waals surface area contributed by atoms with E-state index in [-0.39, 0.29) is 10.6 Å². The summed E-state index contributed by atoms with van der Waals surface area (Å²) in [5.41, 5.74) is -0.327. The molecule has 3 nitrogen and oxygen atoms in total. The van der Waals surface area contributed by atoms with E-state index in [1.807, 2.05) is 18.2 Å². The first-order chi connectivity index (χ1) is 10.5. The summed E-state index contributed by atoms with van der Waals surface area (Å²) in [5, 5.41) is 1.18. The molecule has 112 valence electrons. The van der Waals surface area contributed by atoms with Gasteiger partial charge in [0.05, 0.1) is 25.4 Å². The molecule has 0 saturated carbocycles. The molecule has 3 rings (SSSR count). The van der Waals surface area contributed by atoms with Crippen LogP contribution < -0.4 is 10.4 Å². The van der Waals surface area contributed by atoms with Crippen molar-refractivity contribution in [3.05, 3.63) is 65.8 Å². The molecule has 0 aliphatic carbocycles. The molecule has 22 heavy (non-hydrogen) atoms. The van der Waals surface area contributed by atoms with E-state index in [1.165, 1.54) is 12.1 Å². The van der Waals surface area contributed by atoms with Gasteiger partial charge in [0.15, 0.2) is 11.3 Å². The van der Waals surface area contributed by atoms with Gasteiger partial charge >= 0.3 is 5.63 Å². The molecule has 0 N–H and O–H groups in total. The molecule has 7 heteroatoms. The maximum absolute atomic E-state index is 11.7.